The molecule has 6 nitrogen and oxygen atoms in total. The minimum atomic E-state index is -0.518. The first-order chi connectivity index (χ1) is 13.6. The molecule has 1 N–H and O–H groups in total. The lowest BCUT2D eigenvalue weighted by Crippen LogP contribution is -2.22. The summed E-state index contributed by atoms with van der Waals surface area (Å²) < 4.78 is 5.74. The van der Waals surface area contributed by atoms with Crippen LogP contribution >= 0.6 is 0 Å². The molecule has 0 aliphatic rings. The highest BCUT2D eigenvalue weighted by Gasteiger charge is 2.11. The van der Waals surface area contributed by atoms with E-state index in [1.54, 1.807) is 6.07 Å². The molecule has 0 fully saturated rings. The monoisotopic (exact) mass is 376 g/mol. The summed E-state index contributed by atoms with van der Waals surface area (Å²) in [6.45, 7) is 1.34. The number of amides is 1. The van der Waals surface area contributed by atoms with Gasteiger partial charge in [-0.25, -0.2) is 0 Å². The summed E-state index contributed by atoms with van der Waals surface area (Å²) in [5.74, 6) is -0.352. The average molecular weight is 376 g/mol. The van der Waals surface area contributed by atoms with Gasteiger partial charge < -0.3 is 10.1 Å². The van der Waals surface area contributed by atoms with Crippen LogP contribution in [0.3, 0.4) is 0 Å². The summed E-state index contributed by atoms with van der Waals surface area (Å²) in [5.41, 5.74) is 3.21. The summed E-state index contributed by atoms with van der Waals surface area (Å²) in [7, 11) is 0. The quantitative estimate of drug-likeness (QED) is 0.471. The first-order valence-corrected chi connectivity index (χ1v) is 8.84. The number of carbonyl (C=O) groups is 1. The van der Waals surface area contributed by atoms with Crippen molar-refractivity contribution < 1.29 is 14.5 Å². The Morgan fingerprint density at radius 1 is 0.857 bits per heavy atom. The first-order valence-electron chi connectivity index (χ1n) is 8.84. The Balaban J connectivity index is 1.53. The fourth-order valence-electron chi connectivity index (χ4n) is 2.74. The number of carbonyl (C=O) groups excluding carboxylic acids is 1. The van der Waals surface area contributed by atoms with Gasteiger partial charge in [-0.15, -0.1) is 0 Å². The molecule has 0 saturated heterocycles. The van der Waals surface area contributed by atoms with E-state index in [1.165, 1.54) is 18.2 Å². The smallest absolute Gasteiger partial charge is 0.270 e. The van der Waals surface area contributed by atoms with Gasteiger partial charge in [-0.3, -0.25) is 14.9 Å². The van der Waals surface area contributed by atoms with Crippen molar-refractivity contribution >= 4 is 11.6 Å². The van der Waals surface area contributed by atoms with E-state index in [4.69, 9.17) is 4.74 Å². The van der Waals surface area contributed by atoms with E-state index < -0.39 is 4.92 Å². The molecule has 0 aliphatic heterocycles. The molecular formula is C22H20N2O4. The molecule has 28 heavy (non-hydrogen) atoms. The Bertz CT molecular complexity index is 958. The van der Waals surface area contributed by atoms with Crippen LogP contribution in [0.5, 0.6) is 0 Å². The number of nitrogens with zero attached hydrogens (tertiary/aromatic N) is 1. The van der Waals surface area contributed by atoms with E-state index in [9.17, 15) is 14.9 Å². The van der Waals surface area contributed by atoms with E-state index in [0.29, 0.717) is 19.8 Å². The molecule has 3 aromatic rings. The van der Waals surface area contributed by atoms with E-state index in [1.807, 2.05) is 54.6 Å². The van der Waals surface area contributed by atoms with Gasteiger partial charge in [0.15, 0.2) is 0 Å². The van der Waals surface area contributed by atoms with Crippen molar-refractivity contribution in [3.05, 3.63) is 111 Å². The average Bonchev–Trinajstić information content (AvgIpc) is 2.73. The van der Waals surface area contributed by atoms with Crippen LogP contribution in [0.4, 0.5) is 5.69 Å². The molecular weight excluding hydrogens is 356 g/mol. The number of hydrogen-bond acceptors (Lipinski definition) is 4. The van der Waals surface area contributed by atoms with Gasteiger partial charge in [0.1, 0.15) is 0 Å². The Labute approximate surface area is 162 Å². The van der Waals surface area contributed by atoms with Crippen molar-refractivity contribution in [3.63, 3.8) is 0 Å². The normalized spacial score (nSPS) is 10.4. The highest BCUT2D eigenvalue weighted by atomic mass is 16.6. The number of ether oxygens (including phenoxy) is 1. The first kappa shape index (κ1) is 19.3. The zero-order valence-corrected chi connectivity index (χ0v) is 15.2. The second-order valence-electron chi connectivity index (χ2n) is 6.29. The SMILES string of the molecule is O=C(NCc1cccc(COCc2ccccc2)c1)c1cccc([N+](=O)[O-])c1. The van der Waals surface area contributed by atoms with Gasteiger partial charge in [0.2, 0.25) is 0 Å². The minimum absolute atomic E-state index is 0.106. The van der Waals surface area contributed by atoms with Gasteiger partial charge in [0.05, 0.1) is 18.1 Å². The molecule has 1 amide bonds. The number of rotatable bonds is 8. The van der Waals surface area contributed by atoms with Crippen LogP contribution < -0.4 is 5.32 Å². The molecule has 0 spiro atoms. The molecule has 0 unspecified atom stereocenters. The van der Waals surface area contributed by atoms with Crippen molar-refractivity contribution in [2.24, 2.45) is 0 Å². The molecule has 0 heterocycles. The van der Waals surface area contributed by atoms with Crippen LogP contribution in [-0.4, -0.2) is 10.8 Å². The minimum Gasteiger partial charge on any atom is -0.372 e. The van der Waals surface area contributed by atoms with Crippen LogP contribution in [0, 0.1) is 10.1 Å². The fraction of sp³-hybridized carbons (Fsp3) is 0.136. The summed E-state index contributed by atoms with van der Waals surface area (Å²) in [5, 5.41) is 13.6. The third-order valence-electron chi connectivity index (χ3n) is 4.14. The second-order valence-corrected chi connectivity index (χ2v) is 6.29. The van der Waals surface area contributed by atoms with Gasteiger partial charge in [-0.1, -0.05) is 60.7 Å². The third-order valence-corrected chi connectivity index (χ3v) is 4.14. The Kier molecular flexibility index (Phi) is 6.49. The molecule has 3 rings (SSSR count). The van der Waals surface area contributed by atoms with Crippen LogP contribution in [0.1, 0.15) is 27.0 Å². The van der Waals surface area contributed by atoms with Crippen molar-refractivity contribution in [2.75, 3.05) is 0 Å². The molecule has 142 valence electrons. The fourth-order valence-corrected chi connectivity index (χ4v) is 2.74. The number of hydrogen-bond donors (Lipinski definition) is 1. The summed E-state index contributed by atoms with van der Waals surface area (Å²) in [6.07, 6.45) is 0. The van der Waals surface area contributed by atoms with E-state index in [2.05, 4.69) is 5.32 Å². The van der Waals surface area contributed by atoms with Crippen molar-refractivity contribution in [1.82, 2.24) is 5.32 Å². The van der Waals surface area contributed by atoms with Crippen molar-refractivity contribution in [3.8, 4) is 0 Å². The van der Waals surface area contributed by atoms with Gasteiger partial charge in [0.25, 0.3) is 11.6 Å². The number of non-ortho nitro benzene ring substituents is 1. The maximum Gasteiger partial charge on any atom is 0.270 e. The Morgan fingerprint density at radius 3 is 2.32 bits per heavy atom. The van der Waals surface area contributed by atoms with E-state index in [-0.39, 0.29) is 17.2 Å². The molecule has 0 aromatic heterocycles. The highest BCUT2D eigenvalue weighted by Crippen LogP contribution is 2.13. The van der Waals surface area contributed by atoms with Gasteiger partial charge in [-0.05, 0) is 22.8 Å². The van der Waals surface area contributed by atoms with Gasteiger partial charge in [0, 0.05) is 24.2 Å². The van der Waals surface area contributed by atoms with Crippen molar-refractivity contribution in [1.29, 1.82) is 0 Å². The zero-order chi connectivity index (χ0) is 19.8. The van der Waals surface area contributed by atoms with Crippen LogP contribution in [0.2, 0.25) is 0 Å². The predicted octanol–water partition coefficient (Wildman–Crippen LogP) is 4.24. The summed E-state index contributed by atoms with van der Waals surface area (Å²) in [4.78, 5) is 22.6. The maximum absolute atomic E-state index is 12.2. The molecule has 0 atom stereocenters. The van der Waals surface area contributed by atoms with Crippen LogP contribution in [-0.2, 0) is 24.5 Å². The maximum atomic E-state index is 12.2. The second kappa shape index (κ2) is 9.43. The number of benzene rings is 3. The van der Waals surface area contributed by atoms with Gasteiger partial charge >= 0.3 is 0 Å². The van der Waals surface area contributed by atoms with E-state index >= 15 is 0 Å². The third kappa shape index (κ3) is 5.49. The molecule has 0 saturated carbocycles. The lowest BCUT2D eigenvalue weighted by atomic mass is 10.1. The summed E-state index contributed by atoms with van der Waals surface area (Å²) >= 11 is 0. The molecule has 0 bridgehead atoms. The number of nitro groups is 1. The lowest BCUT2D eigenvalue weighted by molar-refractivity contribution is -0.384. The Hall–Kier alpha value is -3.51. The molecule has 3 aromatic carbocycles. The van der Waals surface area contributed by atoms with E-state index in [0.717, 1.165) is 16.7 Å². The topological polar surface area (TPSA) is 81.5 Å². The summed E-state index contributed by atoms with van der Waals surface area (Å²) in [6, 6.07) is 23.4. The Morgan fingerprint density at radius 2 is 1.54 bits per heavy atom. The standard InChI is InChI=1S/C22H20N2O4/c25-22(20-10-5-11-21(13-20)24(26)27)23-14-18-8-4-9-19(12-18)16-28-15-17-6-2-1-3-7-17/h1-13H,14-16H2,(H,23,25). The largest absolute Gasteiger partial charge is 0.372 e. The van der Waals surface area contributed by atoms with Crippen LogP contribution in [0.25, 0.3) is 0 Å². The lowest BCUT2D eigenvalue weighted by Gasteiger charge is -2.08. The molecule has 0 radical (unpaired) electrons. The van der Waals surface area contributed by atoms with Crippen molar-refractivity contribution in [2.45, 2.75) is 19.8 Å². The van der Waals surface area contributed by atoms with Crippen LogP contribution in [0.15, 0.2) is 78.9 Å². The zero-order valence-electron chi connectivity index (χ0n) is 15.2. The number of nitro benzene ring substituents is 1. The molecule has 0 aliphatic carbocycles. The molecule has 6 heteroatoms. The number of nitrogens with one attached hydrogen (secondary N) is 1. The van der Waals surface area contributed by atoms with Gasteiger partial charge in [-0.2, -0.15) is 0 Å². The highest BCUT2D eigenvalue weighted by molar-refractivity contribution is 5.94. The predicted molar refractivity (Wildman–Crippen MR) is 106 cm³/mol.